The molecule has 3 aromatic carbocycles. The van der Waals surface area contributed by atoms with E-state index in [2.05, 4.69) is 80.7 Å². The molecule has 1 amide bonds. The molecule has 72 heavy (non-hydrogen) atoms. The average Bonchev–Trinajstić information content (AvgIpc) is 3.35. The first-order chi connectivity index (χ1) is 34.5. The largest absolute Gasteiger partial charge is 0.493 e. The number of nitro groups is 1. The number of carbonyl (C=O) groups is 1. The van der Waals surface area contributed by atoms with Gasteiger partial charge in [-0.25, -0.2) is 18.1 Å². The second-order valence-corrected chi connectivity index (χ2v) is 23.2. The van der Waals surface area contributed by atoms with Crippen LogP contribution in [0.15, 0.2) is 83.9 Å². The van der Waals surface area contributed by atoms with Crippen molar-refractivity contribution >= 4 is 38.8 Å². The molecule has 388 valence electrons. The summed E-state index contributed by atoms with van der Waals surface area (Å²) in [6.07, 6.45) is 9.29. The number of piperidine rings is 1. The van der Waals surface area contributed by atoms with Crippen molar-refractivity contribution in [3.8, 4) is 11.5 Å². The Morgan fingerprint density at radius 3 is 2.40 bits per heavy atom. The number of anilines is 3. The summed E-state index contributed by atoms with van der Waals surface area (Å²) in [4.78, 5) is 39.1. The normalized spacial score (nSPS) is 24.2. The summed E-state index contributed by atoms with van der Waals surface area (Å²) in [5.41, 5.74) is 2.85. The summed E-state index contributed by atoms with van der Waals surface area (Å²) < 4.78 is 46.9. The van der Waals surface area contributed by atoms with Crippen LogP contribution >= 0.6 is 0 Å². The number of morpholine rings is 1. The number of pyridine rings is 1. The number of hydrogen-bond acceptors (Lipinski definition) is 15. The monoisotopic (exact) mass is 1010 g/mol. The summed E-state index contributed by atoms with van der Waals surface area (Å²) in [7, 11) is -2.71. The van der Waals surface area contributed by atoms with E-state index in [9.17, 15) is 28.4 Å². The number of piperazine rings is 1. The van der Waals surface area contributed by atoms with Crippen LogP contribution in [0.2, 0.25) is 0 Å². The molecule has 4 heterocycles. The van der Waals surface area contributed by atoms with Crippen molar-refractivity contribution in [2.75, 3.05) is 81.3 Å². The van der Waals surface area contributed by atoms with Crippen LogP contribution in [0.4, 0.5) is 22.9 Å². The van der Waals surface area contributed by atoms with Crippen molar-refractivity contribution in [1.29, 1.82) is 0 Å². The van der Waals surface area contributed by atoms with E-state index in [-0.39, 0.29) is 45.7 Å². The zero-order valence-electron chi connectivity index (χ0n) is 42.4. The Bertz CT molecular complexity index is 2660. The lowest BCUT2D eigenvalue weighted by molar-refractivity contribution is -0.384. The van der Waals surface area contributed by atoms with Gasteiger partial charge in [-0.15, -0.1) is 0 Å². The highest BCUT2D eigenvalue weighted by molar-refractivity contribution is 7.90. The number of ether oxygens (including phenoxy) is 3. The van der Waals surface area contributed by atoms with Crippen molar-refractivity contribution in [1.82, 2.24) is 19.5 Å². The Hall–Kier alpha value is -5.53. The molecule has 0 unspecified atom stereocenters. The van der Waals surface area contributed by atoms with E-state index in [1.807, 2.05) is 25.3 Å². The van der Waals surface area contributed by atoms with Gasteiger partial charge < -0.3 is 34.4 Å². The van der Waals surface area contributed by atoms with E-state index >= 15 is 0 Å². The van der Waals surface area contributed by atoms with E-state index < -0.39 is 32.1 Å². The van der Waals surface area contributed by atoms with Crippen molar-refractivity contribution < 1.29 is 37.5 Å². The molecule has 3 saturated heterocycles. The highest BCUT2D eigenvalue weighted by Gasteiger charge is 2.50. The highest BCUT2D eigenvalue weighted by atomic mass is 32.2. The van der Waals surface area contributed by atoms with Gasteiger partial charge in [0.25, 0.3) is 21.6 Å². The zero-order chi connectivity index (χ0) is 50.8. The van der Waals surface area contributed by atoms with Gasteiger partial charge in [0.05, 0.1) is 53.9 Å². The van der Waals surface area contributed by atoms with Gasteiger partial charge in [-0.1, -0.05) is 18.2 Å². The van der Waals surface area contributed by atoms with E-state index in [0.29, 0.717) is 38.6 Å². The van der Waals surface area contributed by atoms with Gasteiger partial charge in [-0.05, 0) is 144 Å². The van der Waals surface area contributed by atoms with Gasteiger partial charge in [-0.3, -0.25) is 24.7 Å². The smallest absolute Gasteiger partial charge is 0.293 e. The standard InChI is InChI=1S/C54H72N8O9S/c1-37(2)71-49-9-7-6-8-45(49)48-35-58(34-40-28-50(69-5)51(56-33-40)60-26-27-70-36-38(60)3)24-25-61(48)43-30-54(31-43)20-22-59(23-21-54)42-12-10-41(11-13-42)52(63)57-72(67,68)44-14-15-46(47(29-44)62(65)66)55-32-39-16-18-53(4,64)19-17-39/h6-15,28-29,33,37-39,43,48,55,64H,16-27,30-32,34-36H2,1-5H3,(H,57,63)/t38-,39?,48-,53?/m1/s1. The van der Waals surface area contributed by atoms with Crippen LogP contribution in [-0.2, 0) is 21.3 Å². The molecule has 1 spiro atoms. The number of carbonyl (C=O) groups excluding carboxylic acids is 1. The number of benzene rings is 3. The van der Waals surface area contributed by atoms with Crippen LogP contribution in [-0.4, -0.2) is 129 Å². The van der Waals surface area contributed by atoms with Crippen LogP contribution in [0.5, 0.6) is 11.5 Å². The molecule has 17 nitrogen and oxygen atoms in total. The molecule has 3 aliphatic heterocycles. The highest BCUT2D eigenvalue weighted by Crippen LogP contribution is 2.53. The van der Waals surface area contributed by atoms with Crippen LogP contribution < -0.4 is 29.3 Å². The minimum absolute atomic E-state index is 0.0518. The fraction of sp³-hybridized carbons (Fsp3) is 0.556. The number of sulfonamides is 1. The SMILES string of the molecule is COc1cc(CN2CCN(C3CC4(CCN(c5ccc(C(=O)NS(=O)(=O)c6ccc(NCC7CCC(C)(O)CC7)c([N+](=O)[O-])c6)cc5)CC4)C3)[C@@H](c3ccccc3OC(C)C)C2)cnc1N1CCOC[C@H]1C. The molecule has 1 aromatic heterocycles. The van der Waals surface area contributed by atoms with Crippen molar-refractivity contribution in [2.45, 2.75) is 120 Å². The number of methoxy groups -OCH3 is 1. The van der Waals surface area contributed by atoms with Crippen LogP contribution in [0.1, 0.15) is 107 Å². The van der Waals surface area contributed by atoms with E-state index in [1.54, 1.807) is 19.2 Å². The van der Waals surface area contributed by atoms with Gasteiger partial charge in [0.2, 0.25) is 0 Å². The topological polar surface area (TPSA) is 192 Å². The van der Waals surface area contributed by atoms with Gasteiger partial charge >= 0.3 is 0 Å². The Balaban J connectivity index is 0.800. The zero-order valence-corrected chi connectivity index (χ0v) is 43.2. The van der Waals surface area contributed by atoms with Gasteiger partial charge in [-0.2, -0.15) is 0 Å². The minimum atomic E-state index is -4.43. The molecule has 2 saturated carbocycles. The molecular formula is C54H72N8O9S. The lowest BCUT2D eigenvalue weighted by Crippen LogP contribution is -2.59. The Morgan fingerprint density at radius 2 is 1.71 bits per heavy atom. The fourth-order valence-corrected chi connectivity index (χ4v) is 12.7. The number of para-hydroxylation sites is 1. The number of hydrogen-bond donors (Lipinski definition) is 3. The van der Waals surface area contributed by atoms with E-state index in [1.165, 1.54) is 17.7 Å². The first kappa shape index (κ1) is 51.4. The predicted molar refractivity (Wildman–Crippen MR) is 278 cm³/mol. The molecule has 2 aliphatic carbocycles. The third-order valence-electron chi connectivity index (χ3n) is 15.9. The van der Waals surface area contributed by atoms with Gasteiger partial charge in [0.15, 0.2) is 11.6 Å². The molecule has 4 aromatic rings. The maximum Gasteiger partial charge on any atom is 0.293 e. The van der Waals surface area contributed by atoms with Gasteiger partial charge in [0.1, 0.15) is 11.4 Å². The second-order valence-electron chi connectivity index (χ2n) is 21.5. The van der Waals surface area contributed by atoms with Crippen molar-refractivity contribution in [2.24, 2.45) is 11.3 Å². The lowest BCUT2D eigenvalue weighted by atomic mass is 9.59. The predicted octanol–water partition coefficient (Wildman–Crippen LogP) is 7.79. The first-order valence-corrected chi connectivity index (χ1v) is 27.2. The third-order valence-corrected chi connectivity index (χ3v) is 17.2. The summed E-state index contributed by atoms with van der Waals surface area (Å²) in [5, 5.41) is 25.4. The molecule has 0 bridgehead atoms. The Morgan fingerprint density at radius 1 is 0.972 bits per heavy atom. The van der Waals surface area contributed by atoms with E-state index in [4.69, 9.17) is 19.2 Å². The molecular weight excluding hydrogens is 937 g/mol. The third kappa shape index (κ3) is 11.6. The number of nitrogens with one attached hydrogen (secondary N) is 2. The molecule has 9 rings (SSSR count). The van der Waals surface area contributed by atoms with Crippen LogP contribution in [0.3, 0.4) is 0 Å². The number of rotatable bonds is 16. The minimum Gasteiger partial charge on any atom is -0.493 e. The Labute approximate surface area is 424 Å². The van der Waals surface area contributed by atoms with Crippen LogP contribution in [0, 0.1) is 21.4 Å². The van der Waals surface area contributed by atoms with Crippen LogP contribution in [0.25, 0.3) is 0 Å². The molecule has 5 aliphatic rings. The first-order valence-electron chi connectivity index (χ1n) is 25.8. The number of nitrogens with zero attached hydrogens (tertiary/aromatic N) is 6. The molecule has 3 N–H and O–H groups in total. The maximum absolute atomic E-state index is 13.4. The molecule has 0 radical (unpaired) electrons. The summed E-state index contributed by atoms with van der Waals surface area (Å²) in [5.74, 6) is 2.01. The fourth-order valence-electron chi connectivity index (χ4n) is 11.7. The second kappa shape index (κ2) is 21.5. The van der Waals surface area contributed by atoms with Gasteiger partial charge in [0, 0.05) is 87.5 Å². The molecule has 18 heteroatoms. The number of aromatic nitrogens is 1. The Kier molecular flexibility index (Phi) is 15.3. The maximum atomic E-state index is 13.4. The number of aliphatic hydroxyl groups is 1. The molecule has 5 fully saturated rings. The average molecular weight is 1010 g/mol. The van der Waals surface area contributed by atoms with Crippen molar-refractivity contribution in [3.05, 3.63) is 106 Å². The lowest BCUT2D eigenvalue weighted by Gasteiger charge is -2.58. The summed E-state index contributed by atoms with van der Waals surface area (Å²) in [6.45, 7) is 16.0. The van der Waals surface area contributed by atoms with E-state index in [0.717, 1.165) is 119 Å². The summed E-state index contributed by atoms with van der Waals surface area (Å²) >= 11 is 0. The number of nitro benzene ring substituents is 1. The number of amides is 1. The molecule has 2 atom stereocenters. The van der Waals surface area contributed by atoms with Crippen molar-refractivity contribution in [3.63, 3.8) is 0 Å². The quantitative estimate of drug-likeness (QED) is 0.0727. The summed E-state index contributed by atoms with van der Waals surface area (Å²) in [6, 6.07) is 22.1.